The highest BCUT2D eigenvalue weighted by Crippen LogP contribution is 2.15. The first kappa shape index (κ1) is 8.76. The molecule has 1 rings (SSSR count). The number of nitrogens with one attached hydrogen (secondary N) is 2. The van der Waals surface area contributed by atoms with Crippen molar-refractivity contribution in [1.29, 1.82) is 5.41 Å². The molecule has 0 aromatic carbocycles. The zero-order valence-electron chi connectivity index (χ0n) is 5.77. The number of hydrogen-bond acceptors (Lipinski definition) is 1. The molecule has 3 heteroatoms. The van der Waals surface area contributed by atoms with Gasteiger partial charge in [0.15, 0.2) is 0 Å². The average Bonchev–Trinajstić information content (AvgIpc) is 1.98. The Morgan fingerprint density at radius 2 is 2.11 bits per heavy atom. The fourth-order valence-corrected chi connectivity index (χ4v) is 0.893. The molecular weight excluding hydrogens is 136 g/mol. The van der Waals surface area contributed by atoms with Gasteiger partial charge in [-0.2, -0.15) is 0 Å². The summed E-state index contributed by atoms with van der Waals surface area (Å²) in [6.07, 6.45) is 0. The molecule has 0 spiro atoms. The molecule has 0 aromatic heterocycles. The molecule has 1 aliphatic rings. The zero-order valence-corrected chi connectivity index (χ0v) is 6.59. The lowest BCUT2D eigenvalue weighted by Crippen LogP contribution is -2.16. The van der Waals surface area contributed by atoms with E-state index in [-0.39, 0.29) is 12.4 Å². The standard InChI is InChI=1S/C6H12N2.ClH/c1-4-3-8-6(7)5(4)2;/h4-5H,3H2,1-2H3,(H2,7,8);1H. The van der Waals surface area contributed by atoms with Crippen LogP contribution in [0.25, 0.3) is 0 Å². The van der Waals surface area contributed by atoms with E-state index in [2.05, 4.69) is 19.2 Å². The smallest absolute Gasteiger partial charge is 0.0963 e. The van der Waals surface area contributed by atoms with E-state index in [4.69, 9.17) is 5.41 Å². The van der Waals surface area contributed by atoms with Crippen LogP contribution < -0.4 is 5.32 Å². The van der Waals surface area contributed by atoms with Crippen LogP contribution in [0.1, 0.15) is 13.8 Å². The van der Waals surface area contributed by atoms with Gasteiger partial charge in [-0.25, -0.2) is 0 Å². The third-order valence-corrected chi connectivity index (χ3v) is 1.92. The Labute approximate surface area is 61.9 Å². The van der Waals surface area contributed by atoms with Crippen molar-refractivity contribution in [2.75, 3.05) is 6.54 Å². The van der Waals surface area contributed by atoms with Gasteiger partial charge in [0.25, 0.3) is 0 Å². The van der Waals surface area contributed by atoms with Gasteiger partial charge < -0.3 is 5.32 Å². The van der Waals surface area contributed by atoms with E-state index < -0.39 is 0 Å². The Morgan fingerprint density at radius 3 is 2.22 bits per heavy atom. The molecule has 1 aliphatic heterocycles. The predicted octanol–water partition coefficient (Wildman–Crippen LogP) is 1.26. The fraction of sp³-hybridized carbons (Fsp3) is 0.833. The van der Waals surface area contributed by atoms with Crippen LogP contribution in [0.5, 0.6) is 0 Å². The van der Waals surface area contributed by atoms with Crippen LogP contribution >= 0.6 is 12.4 Å². The number of hydrogen-bond donors (Lipinski definition) is 2. The summed E-state index contributed by atoms with van der Waals surface area (Å²) in [7, 11) is 0. The molecule has 0 radical (unpaired) electrons. The molecule has 0 aromatic rings. The lowest BCUT2D eigenvalue weighted by Gasteiger charge is -2.03. The monoisotopic (exact) mass is 148 g/mol. The molecule has 2 nitrogen and oxygen atoms in total. The van der Waals surface area contributed by atoms with E-state index in [1.807, 2.05) is 0 Å². The molecule has 1 fully saturated rings. The van der Waals surface area contributed by atoms with Gasteiger partial charge in [0.2, 0.25) is 0 Å². The minimum absolute atomic E-state index is 0. The Balaban J connectivity index is 0.000000640. The maximum absolute atomic E-state index is 7.27. The van der Waals surface area contributed by atoms with Crippen LogP contribution in [0, 0.1) is 17.2 Å². The van der Waals surface area contributed by atoms with E-state index in [1.54, 1.807) is 0 Å². The molecule has 0 aliphatic carbocycles. The summed E-state index contributed by atoms with van der Waals surface area (Å²) < 4.78 is 0. The van der Waals surface area contributed by atoms with Crippen LogP contribution in [-0.2, 0) is 0 Å². The van der Waals surface area contributed by atoms with Crippen molar-refractivity contribution >= 4 is 18.2 Å². The highest BCUT2D eigenvalue weighted by molar-refractivity contribution is 5.85. The van der Waals surface area contributed by atoms with Gasteiger partial charge in [0.05, 0.1) is 5.84 Å². The topological polar surface area (TPSA) is 35.9 Å². The van der Waals surface area contributed by atoms with Crippen LogP contribution in [0.4, 0.5) is 0 Å². The molecule has 2 atom stereocenters. The van der Waals surface area contributed by atoms with Gasteiger partial charge in [-0.15, -0.1) is 12.4 Å². The Bertz CT molecular complexity index is 114. The van der Waals surface area contributed by atoms with Crippen LogP contribution in [0.2, 0.25) is 0 Å². The maximum Gasteiger partial charge on any atom is 0.0963 e. The lowest BCUT2D eigenvalue weighted by atomic mass is 10.0. The summed E-state index contributed by atoms with van der Waals surface area (Å²) in [5.74, 6) is 1.81. The van der Waals surface area contributed by atoms with Gasteiger partial charge in [0, 0.05) is 12.5 Å². The molecule has 1 heterocycles. The van der Waals surface area contributed by atoms with Crippen LogP contribution in [0.3, 0.4) is 0 Å². The van der Waals surface area contributed by atoms with Gasteiger partial charge in [0.1, 0.15) is 0 Å². The van der Waals surface area contributed by atoms with E-state index >= 15 is 0 Å². The first-order valence-corrected chi connectivity index (χ1v) is 3.04. The highest BCUT2D eigenvalue weighted by Gasteiger charge is 2.22. The zero-order chi connectivity index (χ0) is 6.15. The molecule has 0 saturated carbocycles. The Kier molecular flexibility index (Phi) is 2.98. The number of halogens is 1. The summed E-state index contributed by atoms with van der Waals surface area (Å²) in [6.45, 7) is 5.24. The van der Waals surface area contributed by atoms with Crippen molar-refractivity contribution in [2.24, 2.45) is 11.8 Å². The summed E-state index contributed by atoms with van der Waals surface area (Å²) in [4.78, 5) is 0. The Hall–Kier alpha value is -0.240. The van der Waals surface area contributed by atoms with Crippen molar-refractivity contribution < 1.29 is 0 Å². The number of rotatable bonds is 0. The molecule has 1 saturated heterocycles. The molecule has 2 unspecified atom stereocenters. The molecular formula is C6H13ClN2. The fourth-order valence-electron chi connectivity index (χ4n) is 0.893. The second-order valence-corrected chi connectivity index (χ2v) is 2.56. The van der Waals surface area contributed by atoms with Crippen molar-refractivity contribution in [3.05, 3.63) is 0 Å². The summed E-state index contributed by atoms with van der Waals surface area (Å²) in [6, 6.07) is 0. The van der Waals surface area contributed by atoms with Crippen molar-refractivity contribution in [2.45, 2.75) is 13.8 Å². The molecule has 0 bridgehead atoms. The SMILES string of the molecule is CC1CNC(=N)C1C.Cl. The van der Waals surface area contributed by atoms with E-state index in [1.165, 1.54) is 0 Å². The Morgan fingerprint density at radius 1 is 1.56 bits per heavy atom. The highest BCUT2D eigenvalue weighted by atomic mass is 35.5. The number of amidine groups is 1. The molecule has 0 amide bonds. The van der Waals surface area contributed by atoms with Crippen molar-refractivity contribution in [3.63, 3.8) is 0 Å². The van der Waals surface area contributed by atoms with E-state index in [0.717, 1.165) is 6.54 Å². The van der Waals surface area contributed by atoms with E-state index in [0.29, 0.717) is 17.7 Å². The molecule has 54 valence electrons. The quantitative estimate of drug-likeness (QED) is 0.533. The summed E-state index contributed by atoms with van der Waals surface area (Å²) >= 11 is 0. The van der Waals surface area contributed by atoms with E-state index in [9.17, 15) is 0 Å². The third-order valence-electron chi connectivity index (χ3n) is 1.92. The van der Waals surface area contributed by atoms with Gasteiger partial charge in [-0.1, -0.05) is 13.8 Å². The molecule has 2 N–H and O–H groups in total. The summed E-state index contributed by atoms with van der Waals surface area (Å²) in [5.41, 5.74) is 0. The van der Waals surface area contributed by atoms with Crippen LogP contribution in [-0.4, -0.2) is 12.4 Å². The van der Waals surface area contributed by atoms with Gasteiger partial charge >= 0.3 is 0 Å². The predicted molar refractivity (Wildman–Crippen MR) is 41.3 cm³/mol. The largest absolute Gasteiger partial charge is 0.373 e. The van der Waals surface area contributed by atoms with Crippen molar-refractivity contribution in [1.82, 2.24) is 5.32 Å². The third kappa shape index (κ3) is 1.58. The lowest BCUT2D eigenvalue weighted by molar-refractivity contribution is 0.537. The minimum atomic E-state index is 0. The van der Waals surface area contributed by atoms with Crippen LogP contribution in [0.15, 0.2) is 0 Å². The average molecular weight is 149 g/mol. The maximum atomic E-state index is 7.27. The van der Waals surface area contributed by atoms with Gasteiger partial charge in [-0.05, 0) is 5.92 Å². The second-order valence-electron chi connectivity index (χ2n) is 2.56. The normalized spacial score (nSPS) is 33.3. The van der Waals surface area contributed by atoms with Gasteiger partial charge in [-0.3, -0.25) is 5.41 Å². The summed E-state index contributed by atoms with van der Waals surface area (Å²) in [5, 5.41) is 10.3. The second kappa shape index (κ2) is 3.06. The first-order chi connectivity index (χ1) is 3.72. The van der Waals surface area contributed by atoms with Crippen molar-refractivity contribution in [3.8, 4) is 0 Å². The molecule has 9 heavy (non-hydrogen) atoms. The minimum Gasteiger partial charge on any atom is -0.373 e. The first-order valence-electron chi connectivity index (χ1n) is 3.04.